The minimum Gasteiger partial charge on any atom is -0.494 e. The molecule has 0 aliphatic rings. The van der Waals surface area contributed by atoms with Crippen LogP contribution in [-0.2, 0) is 0 Å². The minimum absolute atomic E-state index is 0.268. The van der Waals surface area contributed by atoms with E-state index < -0.39 is 0 Å². The molecule has 0 unspecified atom stereocenters. The molecule has 1 rings (SSSR count). The minimum atomic E-state index is -0.337. The number of rotatable bonds is 5. The molecule has 3 nitrogen and oxygen atoms in total. The molecule has 0 atom stereocenters. The van der Waals surface area contributed by atoms with Gasteiger partial charge in [-0.2, -0.15) is 0 Å². The van der Waals surface area contributed by atoms with Crippen molar-refractivity contribution < 1.29 is 9.13 Å². The fourth-order valence-corrected chi connectivity index (χ4v) is 1.19. The number of nitrogens with zero attached hydrogens (tertiary/aromatic N) is 1. The Hall–Kier alpha value is -1.29. The maximum atomic E-state index is 13.1. The Morgan fingerprint density at radius 1 is 1.40 bits per heavy atom. The van der Waals surface area contributed by atoms with Crippen LogP contribution in [0.1, 0.15) is 0 Å². The van der Waals surface area contributed by atoms with E-state index in [4.69, 9.17) is 4.74 Å². The van der Waals surface area contributed by atoms with E-state index in [-0.39, 0.29) is 11.6 Å². The first-order chi connectivity index (χ1) is 7.13. The Kier molecular flexibility index (Phi) is 4.37. The van der Waals surface area contributed by atoms with Crippen LogP contribution in [0.15, 0.2) is 18.2 Å². The first-order valence-electron chi connectivity index (χ1n) is 4.85. The average molecular weight is 212 g/mol. The molecule has 15 heavy (non-hydrogen) atoms. The lowest BCUT2D eigenvalue weighted by Gasteiger charge is -2.12. The molecule has 0 saturated heterocycles. The summed E-state index contributed by atoms with van der Waals surface area (Å²) in [6.07, 6.45) is 0. The molecule has 0 spiro atoms. The first-order valence-corrected chi connectivity index (χ1v) is 4.85. The molecule has 0 heterocycles. The van der Waals surface area contributed by atoms with E-state index in [1.807, 2.05) is 14.1 Å². The fourth-order valence-electron chi connectivity index (χ4n) is 1.19. The van der Waals surface area contributed by atoms with E-state index in [9.17, 15) is 4.39 Å². The second-order valence-electron chi connectivity index (χ2n) is 3.58. The SMILES string of the molecule is COc1cc(NCCN(C)C)ccc1F. The van der Waals surface area contributed by atoms with Crippen molar-refractivity contribution in [1.29, 1.82) is 0 Å². The lowest BCUT2D eigenvalue weighted by molar-refractivity contribution is 0.386. The topological polar surface area (TPSA) is 24.5 Å². The second-order valence-corrected chi connectivity index (χ2v) is 3.58. The number of halogens is 1. The van der Waals surface area contributed by atoms with Crippen LogP contribution in [0, 0.1) is 5.82 Å². The summed E-state index contributed by atoms with van der Waals surface area (Å²) in [6, 6.07) is 4.76. The van der Waals surface area contributed by atoms with Crippen LogP contribution in [0.3, 0.4) is 0 Å². The molecule has 1 aromatic rings. The van der Waals surface area contributed by atoms with Crippen molar-refractivity contribution in [3.63, 3.8) is 0 Å². The molecule has 0 saturated carbocycles. The van der Waals surface area contributed by atoms with Gasteiger partial charge in [-0.1, -0.05) is 0 Å². The van der Waals surface area contributed by atoms with Gasteiger partial charge in [-0.3, -0.25) is 0 Å². The van der Waals surface area contributed by atoms with Crippen LogP contribution in [0.25, 0.3) is 0 Å². The summed E-state index contributed by atoms with van der Waals surface area (Å²) in [5.74, 6) is -0.0690. The maximum Gasteiger partial charge on any atom is 0.165 e. The van der Waals surface area contributed by atoms with Crippen LogP contribution in [0.2, 0.25) is 0 Å². The fraction of sp³-hybridized carbons (Fsp3) is 0.455. The van der Waals surface area contributed by atoms with Gasteiger partial charge in [-0.15, -0.1) is 0 Å². The van der Waals surface area contributed by atoms with E-state index in [1.165, 1.54) is 13.2 Å². The molecule has 4 heteroatoms. The molecule has 0 aliphatic carbocycles. The van der Waals surface area contributed by atoms with Crippen LogP contribution < -0.4 is 10.1 Å². The average Bonchev–Trinajstić information content (AvgIpc) is 2.20. The number of anilines is 1. The van der Waals surface area contributed by atoms with Gasteiger partial charge in [0.25, 0.3) is 0 Å². The molecule has 1 aromatic carbocycles. The highest BCUT2D eigenvalue weighted by atomic mass is 19.1. The third kappa shape index (κ3) is 3.75. The quantitative estimate of drug-likeness (QED) is 0.805. The van der Waals surface area contributed by atoms with Gasteiger partial charge in [0.2, 0.25) is 0 Å². The van der Waals surface area contributed by atoms with Gasteiger partial charge in [0.05, 0.1) is 7.11 Å². The number of likely N-dealkylation sites (N-methyl/N-ethyl adjacent to an activating group) is 1. The van der Waals surface area contributed by atoms with E-state index in [1.54, 1.807) is 12.1 Å². The van der Waals surface area contributed by atoms with E-state index in [0.717, 1.165) is 18.8 Å². The lowest BCUT2D eigenvalue weighted by Crippen LogP contribution is -2.20. The van der Waals surface area contributed by atoms with E-state index >= 15 is 0 Å². The second kappa shape index (κ2) is 5.56. The van der Waals surface area contributed by atoms with Crippen molar-refractivity contribution in [2.75, 3.05) is 39.6 Å². The molecule has 0 radical (unpaired) electrons. The zero-order chi connectivity index (χ0) is 11.3. The summed E-state index contributed by atoms with van der Waals surface area (Å²) in [5.41, 5.74) is 0.870. The maximum absolute atomic E-state index is 13.1. The normalized spacial score (nSPS) is 10.5. The zero-order valence-corrected chi connectivity index (χ0v) is 9.38. The summed E-state index contributed by atoms with van der Waals surface area (Å²) in [7, 11) is 5.47. The van der Waals surface area contributed by atoms with Gasteiger partial charge in [-0.05, 0) is 26.2 Å². The standard InChI is InChI=1S/C11H17FN2O/c1-14(2)7-6-13-9-4-5-10(12)11(8-9)15-3/h4-5,8,13H,6-7H2,1-3H3. The smallest absolute Gasteiger partial charge is 0.165 e. The summed E-state index contributed by atoms with van der Waals surface area (Å²) in [5, 5.41) is 3.19. The van der Waals surface area contributed by atoms with Crippen LogP contribution in [-0.4, -0.2) is 39.2 Å². The van der Waals surface area contributed by atoms with Crippen molar-refractivity contribution in [1.82, 2.24) is 4.90 Å². The predicted octanol–water partition coefficient (Wildman–Crippen LogP) is 1.81. The van der Waals surface area contributed by atoms with Crippen LogP contribution in [0.4, 0.5) is 10.1 Å². The molecule has 0 fully saturated rings. The summed E-state index contributed by atoms with van der Waals surface area (Å²) in [6.45, 7) is 1.75. The highest BCUT2D eigenvalue weighted by Gasteiger charge is 2.02. The van der Waals surface area contributed by atoms with Gasteiger partial charge in [0.15, 0.2) is 11.6 Å². The zero-order valence-electron chi connectivity index (χ0n) is 9.38. The van der Waals surface area contributed by atoms with Gasteiger partial charge < -0.3 is 15.0 Å². The Labute approximate surface area is 89.8 Å². The molecule has 84 valence electrons. The van der Waals surface area contributed by atoms with Gasteiger partial charge in [0.1, 0.15) is 0 Å². The number of nitrogens with one attached hydrogen (secondary N) is 1. The Morgan fingerprint density at radius 2 is 2.13 bits per heavy atom. The van der Waals surface area contributed by atoms with E-state index in [0.29, 0.717) is 0 Å². The molecule has 0 amide bonds. The number of methoxy groups -OCH3 is 1. The third-order valence-corrected chi connectivity index (χ3v) is 2.04. The number of hydrogen-bond acceptors (Lipinski definition) is 3. The Bertz CT molecular complexity index is 315. The molecule has 0 bridgehead atoms. The van der Waals surface area contributed by atoms with E-state index in [2.05, 4.69) is 10.2 Å². The van der Waals surface area contributed by atoms with Gasteiger partial charge in [0, 0.05) is 24.8 Å². The molecular weight excluding hydrogens is 195 g/mol. The van der Waals surface area contributed by atoms with Crippen molar-refractivity contribution in [2.24, 2.45) is 0 Å². The number of benzene rings is 1. The lowest BCUT2D eigenvalue weighted by atomic mass is 10.3. The van der Waals surface area contributed by atoms with Crippen molar-refractivity contribution in [3.8, 4) is 5.75 Å². The molecule has 0 aromatic heterocycles. The highest BCUT2D eigenvalue weighted by Crippen LogP contribution is 2.21. The Balaban J connectivity index is 2.54. The number of hydrogen-bond donors (Lipinski definition) is 1. The summed E-state index contributed by atoms with van der Waals surface area (Å²) >= 11 is 0. The first kappa shape index (κ1) is 11.8. The largest absolute Gasteiger partial charge is 0.494 e. The molecule has 0 aliphatic heterocycles. The third-order valence-electron chi connectivity index (χ3n) is 2.04. The predicted molar refractivity (Wildman–Crippen MR) is 60.0 cm³/mol. The van der Waals surface area contributed by atoms with Gasteiger partial charge in [-0.25, -0.2) is 4.39 Å². The highest BCUT2D eigenvalue weighted by molar-refractivity contribution is 5.48. The molecular formula is C11H17FN2O. The van der Waals surface area contributed by atoms with Crippen molar-refractivity contribution >= 4 is 5.69 Å². The molecule has 1 N–H and O–H groups in total. The van der Waals surface area contributed by atoms with Crippen LogP contribution in [0.5, 0.6) is 5.75 Å². The van der Waals surface area contributed by atoms with Crippen LogP contribution >= 0.6 is 0 Å². The Morgan fingerprint density at radius 3 is 2.73 bits per heavy atom. The summed E-state index contributed by atoms with van der Waals surface area (Å²) < 4.78 is 17.9. The summed E-state index contributed by atoms with van der Waals surface area (Å²) in [4.78, 5) is 2.08. The van der Waals surface area contributed by atoms with Gasteiger partial charge >= 0.3 is 0 Å². The van der Waals surface area contributed by atoms with Crippen molar-refractivity contribution in [2.45, 2.75) is 0 Å². The monoisotopic (exact) mass is 212 g/mol. The van der Waals surface area contributed by atoms with Crippen molar-refractivity contribution in [3.05, 3.63) is 24.0 Å². The number of ether oxygens (including phenoxy) is 1.